The Hall–Kier alpha value is -2.86. The fraction of sp³-hybridized carbons (Fsp3) is 0.304. The Labute approximate surface area is 174 Å². The van der Waals surface area contributed by atoms with Crippen molar-refractivity contribution >= 4 is 28.5 Å². The van der Waals surface area contributed by atoms with Gasteiger partial charge >= 0.3 is 0 Å². The molecule has 1 saturated carbocycles. The minimum atomic E-state index is 0.0609. The number of aromatic nitrogens is 1. The second kappa shape index (κ2) is 8.66. The number of ether oxygens (including phenoxy) is 2. The lowest BCUT2D eigenvalue weighted by atomic mass is 10.1. The molecule has 4 rings (SSSR count). The van der Waals surface area contributed by atoms with Gasteiger partial charge in [0.25, 0.3) is 0 Å². The van der Waals surface area contributed by atoms with Crippen LogP contribution >= 0.6 is 11.3 Å². The Morgan fingerprint density at radius 1 is 1.14 bits per heavy atom. The number of thiazole rings is 1. The lowest BCUT2D eigenvalue weighted by molar-refractivity contribution is 0.101. The van der Waals surface area contributed by atoms with E-state index in [0.29, 0.717) is 18.0 Å². The van der Waals surface area contributed by atoms with Gasteiger partial charge in [-0.05, 0) is 62.1 Å². The molecule has 0 amide bonds. The monoisotopic (exact) mass is 408 g/mol. The summed E-state index contributed by atoms with van der Waals surface area (Å²) in [6.45, 7) is 2.98. The SMILES string of the molecule is COc1ccc(N(Cc2cncs2)c2ccc(C(C)=O)cc2)cc1OCC1CC1. The molecular formula is C23H24N2O3S. The average molecular weight is 409 g/mol. The molecule has 0 bridgehead atoms. The van der Waals surface area contributed by atoms with Crippen LogP contribution in [0.5, 0.6) is 11.5 Å². The third kappa shape index (κ3) is 4.77. The highest BCUT2D eigenvalue weighted by Gasteiger charge is 2.23. The normalized spacial score (nSPS) is 13.2. The number of carbonyl (C=O) groups is 1. The highest BCUT2D eigenvalue weighted by Crippen LogP contribution is 2.38. The first kappa shape index (κ1) is 19.5. The predicted octanol–water partition coefficient (Wildman–Crippen LogP) is 5.48. The van der Waals surface area contributed by atoms with Crippen LogP contribution in [0.15, 0.2) is 54.2 Å². The van der Waals surface area contributed by atoms with Crippen LogP contribution in [0, 0.1) is 5.92 Å². The molecule has 1 aliphatic carbocycles. The van der Waals surface area contributed by atoms with Crippen molar-refractivity contribution < 1.29 is 14.3 Å². The van der Waals surface area contributed by atoms with Crippen LogP contribution in [0.1, 0.15) is 35.0 Å². The number of methoxy groups -OCH3 is 1. The molecule has 1 aromatic heterocycles. The van der Waals surface area contributed by atoms with Gasteiger partial charge in [0.2, 0.25) is 0 Å². The van der Waals surface area contributed by atoms with Crippen molar-refractivity contribution in [3.05, 3.63) is 64.6 Å². The zero-order valence-electron chi connectivity index (χ0n) is 16.6. The summed E-state index contributed by atoms with van der Waals surface area (Å²) in [6, 6.07) is 13.7. The van der Waals surface area contributed by atoms with Crippen LogP contribution in [0.2, 0.25) is 0 Å². The smallest absolute Gasteiger partial charge is 0.163 e. The number of hydrogen-bond donors (Lipinski definition) is 0. The maximum atomic E-state index is 11.6. The summed E-state index contributed by atoms with van der Waals surface area (Å²) in [5, 5.41) is 0. The van der Waals surface area contributed by atoms with Gasteiger partial charge in [-0.15, -0.1) is 11.3 Å². The largest absolute Gasteiger partial charge is 0.493 e. The summed E-state index contributed by atoms with van der Waals surface area (Å²) in [6.07, 6.45) is 4.36. The van der Waals surface area contributed by atoms with Crippen LogP contribution in [0.25, 0.3) is 0 Å². The van der Waals surface area contributed by atoms with Crippen molar-refractivity contribution in [2.75, 3.05) is 18.6 Å². The zero-order chi connectivity index (χ0) is 20.2. The molecule has 0 atom stereocenters. The van der Waals surface area contributed by atoms with E-state index < -0.39 is 0 Å². The highest BCUT2D eigenvalue weighted by molar-refractivity contribution is 7.09. The molecule has 0 radical (unpaired) electrons. The van der Waals surface area contributed by atoms with Crippen molar-refractivity contribution in [2.45, 2.75) is 26.3 Å². The predicted molar refractivity (Wildman–Crippen MR) is 116 cm³/mol. The summed E-state index contributed by atoms with van der Waals surface area (Å²) >= 11 is 1.62. The maximum absolute atomic E-state index is 11.6. The van der Waals surface area contributed by atoms with E-state index in [2.05, 4.69) is 9.88 Å². The number of anilines is 2. The van der Waals surface area contributed by atoms with E-state index in [0.717, 1.165) is 34.4 Å². The van der Waals surface area contributed by atoms with Gasteiger partial charge in [0.05, 0.1) is 25.8 Å². The Balaban J connectivity index is 1.67. The number of carbonyl (C=O) groups excluding carboxylic acids is 1. The van der Waals surface area contributed by atoms with Gasteiger partial charge in [0.15, 0.2) is 17.3 Å². The number of nitrogens with zero attached hydrogens (tertiary/aromatic N) is 2. The van der Waals surface area contributed by atoms with Gasteiger partial charge in [-0.2, -0.15) is 0 Å². The van der Waals surface area contributed by atoms with Crippen molar-refractivity contribution in [1.29, 1.82) is 0 Å². The van der Waals surface area contributed by atoms with Gasteiger partial charge < -0.3 is 14.4 Å². The second-order valence-electron chi connectivity index (χ2n) is 7.25. The van der Waals surface area contributed by atoms with Crippen molar-refractivity contribution in [3.8, 4) is 11.5 Å². The van der Waals surface area contributed by atoms with Gasteiger partial charge in [-0.3, -0.25) is 9.78 Å². The second-order valence-corrected chi connectivity index (χ2v) is 8.22. The molecule has 1 heterocycles. The van der Waals surface area contributed by atoms with Gasteiger partial charge in [-0.1, -0.05) is 0 Å². The van der Waals surface area contributed by atoms with E-state index in [1.165, 1.54) is 12.8 Å². The Morgan fingerprint density at radius 2 is 1.90 bits per heavy atom. The Kier molecular flexibility index (Phi) is 5.81. The molecule has 0 saturated heterocycles. The van der Waals surface area contributed by atoms with E-state index in [1.807, 2.05) is 54.2 Å². The molecule has 0 N–H and O–H groups in total. The average Bonchev–Trinajstić information content (AvgIpc) is 3.43. The number of benzene rings is 2. The van der Waals surface area contributed by atoms with Gasteiger partial charge in [0.1, 0.15) is 0 Å². The molecule has 0 aliphatic heterocycles. The molecular weight excluding hydrogens is 384 g/mol. The van der Waals surface area contributed by atoms with Crippen molar-refractivity contribution in [1.82, 2.24) is 4.98 Å². The van der Waals surface area contributed by atoms with E-state index >= 15 is 0 Å². The highest BCUT2D eigenvalue weighted by atomic mass is 32.1. The zero-order valence-corrected chi connectivity index (χ0v) is 17.4. The van der Waals surface area contributed by atoms with Crippen LogP contribution in [-0.4, -0.2) is 24.5 Å². The van der Waals surface area contributed by atoms with E-state index in [-0.39, 0.29) is 5.78 Å². The molecule has 29 heavy (non-hydrogen) atoms. The minimum Gasteiger partial charge on any atom is -0.493 e. The fourth-order valence-electron chi connectivity index (χ4n) is 3.12. The summed E-state index contributed by atoms with van der Waals surface area (Å²) < 4.78 is 11.6. The van der Waals surface area contributed by atoms with Gasteiger partial charge in [0, 0.05) is 34.1 Å². The molecule has 150 valence electrons. The first-order valence-electron chi connectivity index (χ1n) is 9.71. The minimum absolute atomic E-state index is 0.0609. The summed E-state index contributed by atoms with van der Waals surface area (Å²) in [7, 11) is 1.66. The van der Waals surface area contributed by atoms with Crippen LogP contribution in [0.4, 0.5) is 11.4 Å². The van der Waals surface area contributed by atoms with E-state index in [1.54, 1.807) is 25.4 Å². The molecule has 2 aromatic carbocycles. The third-order valence-electron chi connectivity index (χ3n) is 5.01. The maximum Gasteiger partial charge on any atom is 0.163 e. The standard InChI is InChI=1S/C23H24N2O3S/c1-16(26)18-5-7-19(8-6-18)25(13-21-12-24-15-29-21)20-9-10-22(27-2)23(11-20)28-14-17-3-4-17/h5-12,15,17H,3-4,13-14H2,1-2H3. The summed E-state index contributed by atoms with van der Waals surface area (Å²) in [5.41, 5.74) is 4.54. The number of hydrogen-bond acceptors (Lipinski definition) is 6. The Bertz CT molecular complexity index is 966. The van der Waals surface area contributed by atoms with E-state index in [9.17, 15) is 4.79 Å². The molecule has 1 aliphatic rings. The summed E-state index contributed by atoms with van der Waals surface area (Å²) in [5.74, 6) is 2.21. The first-order chi connectivity index (χ1) is 14.1. The third-order valence-corrected chi connectivity index (χ3v) is 5.78. The topological polar surface area (TPSA) is 51.7 Å². The summed E-state index contributed by atoms with van der Waals surface area (Å²) in [4.78, 5) is 19.2. The molecule has 0 spiro atoms. The number of rotatable bonds is 9. The lowest BCUT2D eigenvalue weighted by Crippen LogP contribution is -2.16. The number of Topliss-reactive ketones (excluding diaryl/α,β-unsaturated/α-hetero) is 1. The van der Waals surface area contributed by atoms with Crippen LogP contribution < -0.4 is 14.4 Å². The van der Waals surface area contributed by atoms with E-state index in [4.69, 9.17) is 9.47 Å². The van der Waals surface area contributed by atoms with Crippen molar-refractivity contribution in [2.24, 2.45) is 5.92 Å². The van der Waals surface area contributed by atoms with Gasteiger partial charge in [-0.25, -0.2) is 0 Å². The molecule has 6 heteroatoms. The Morgan fingerprint density at radius 3 is 2.52 bits per heavy atom. The molecule has 3 aromatic rings. The van der Waals surface area contributed by atoms with Crippen molar-refractivity contribution in [3.63, 3.8) is 0 Å². The number of ketones is 1. The fourth-order valence-corrected chi connectivity index (χ4v) is 3.70. The quantitative estimate of drug-likeness (QED) is 0.439. The molecule has 5 nitrogen and oxygen atoms in total. The van der Waals surface area contributed by atoms with Crippen LogP contribution in [0.3, 0.4) is 0 Å². The molecule has 0 unspecified atom stereocenters. The van der Waals surface area contributed by atoms with Crippen LogP contribution in [-0.2, 0) is 6.54 Å². The molecule has 1 fully saturated rings. The first-order valence-corrected chi connectivity index (χ1v) is 10.6. The lowest BCUT2D eigenvalue weighted by Gasteiger charge is -2.25.